The number of amides is 1. The van der Waals surface area contributed by atoms with E-state index in [1.807, 2.05) is 0 Å². The Morgan fingerprint density at radius 1 is 1.10 bits per heavy atom. The predicted octanol–water partition coefficient (Wildman–Crippen LogP) is -1.71. The molecule has 0 bridgehead atoms. The summed E-state index contributed by atoms with van der Waals surface area (Å²) in [6, 6.07) is -2.27. The Morgan fingerprint density at radius 3 is 2.14 bits per heavy atom. The van der Waals surface area contributed by atoms with Crippen molar-refractivity contribution >= 4 is 34.2 Å². The molecule has 0 saturated carbocycles. The van der Waals surface area contributed by atoms with E-state index in [1.54, 1.807) is 4.90 Å². The first-order valence-corrected chi connectivity index (χ1v) is 10.2. The van der Waals surface area contributed by atoms with Gasteiger partial charge in [0.25, 0.3) is 0 Å². The van der Waals surface area contributed by atoms with E-state index in [0.717, 1.165) is 6.42 Å². The number of likely N-dealkylation sites (tertiary alicyclic amines) is 2. The molecule has 166 valence electrons. The summed E-state index contributed by atoms with van der Waals surface area (Å²) in [5, 5.41) is 8.94. The number of carboxylic acids is 1. The van der Waals surface area contributed by atoms with Gasteiger partial charge in [-0.05, 0) is 39.2 Å². The zero-order valence-corrected chi connectivity index (χ0v) is 16.6. The van der Waals surface area contributed by atoms with E-state index in [2.05, 4.69) is 0 Å². The van der Waals surface area contributed by atoms with E-state index in [9.17, 15) is 19.2 Å². The normalized spacial score (nSPS) is 23.1. The van der Waals surface area contributed by atoms with Gasteiger partial charge in [-0.3, -0.25) is 23.6 Å². The fourth-order valence-electron chi connectivity index (χ4n) is 3.20. The number of hydrogen-bond acceptors (Lipinski definition) is 9. The highest BCUT2D eigenvalue weighted by atomic mass is 32.3. The number of nitrogens with zero attached hydrogens (tertiary/aromatic N) is 2. The van der Waals surface area contributed by atoms with Crippen LogP contribution < -0.4 is 5.73 Å². The van der Waals surface area contributed by atoms with E-state index in [4.69, 9.17) is 33.1 Å². The van der Waals surface area contributed by atoms with Gasteiger partial charge in [-0.2, -0.15) is 8.42 Å². The molecule has 2 rings (SSSR count). The molecule has 0 aromatic heterocycles. The second-order valence-electron chi connectivity index (χ2n) is 6.69. The average Bonchev–Trinajstić information content (AvgIpc) is 3.20. The van der Waals surface area contributed by atoms with Gasteiger partial charge in [0.05, 0.1) is 12.6 Å². The van der Waals surface area contributed by atoms with Crippen LogP contribution in [0.4, 0.5) is 0 Å². The zero-order chi connectivity index (χ0) is 22.4. The van der Waals surface area contributed by atoms with Gasteiger partial charge in [-0.1, -0.05) is 0 Å². The van der Waals surface area contributed by atoms with Gasteiger partial charge < -0.3 is 20.5 Å². The second-order valence-corrected chi connectivity index (χ2v) is 7.58. The third-order valence-electron chi connectivity index (χ3n) is 4.37. The highest BCUT2D eigenvalue weighted by Gasteiger charge is 2.42. The molecule has 0 spiro atoms. The Hall–Kier alpha value is -2.13. The highest BCUT2D eigenvalue weighted by molar-refractivity contribution is 7.79. The number of carbonyl (C=O) groups excluding carboxylic acids is 3. The molecule has 2 aliphatic heterocycles. The van der Waals surface area contributed by atoms with Crippen molar-refractivity contribution in [2.24, 2.45) is 5.73 Å². The number of aliphatic carboxylic acids is 1. The molecule has 2 fully saturated rings. The molecule has 1 amide bonds. The van der Waals surface area contributed by atoms with Crippen LogP contribution in [0.5, 0.6) is 0 Å². The monoisotopic (exact) mass is 439 g/mol. The third kappa shape index (κ3) is 8.41. The Labute approximate surface area is 167 Å². The predicted molar refractivity (Wildman–Crippen MR) is 95.9 cm³/mol. The number of hydrogen-bond donors (Lipinski definition) is 4. The molecule has 0 radical (unpaired) electrons. The summed E-state index contributed by atoms with van der Waals surface area (Å²) in [6.45, 7) is 2.13. The minimum Gasteiger partial charge on any atom is -0.480 e. The van der Waals surface area contributed by atoms with Crippen molar-refractivity contribution in [1.82, 2.24) is 9.80 Å². The molecule has 5 N–H and O–H groups in total. The number of nitrogens with two attached hydrogens (primary N) is 1. The van der Waals surface area contributed by atoms with Crippen molar-refractivity contribution < 1.29 is 46.5 Å². The molecule has 2 heterocycles. The molecule has 14 heteroatoms. The fraction of sp³-hybridized carbons (Fsp3) is 0.733. The summed E-state index contributed by atoms with van der Waals surface area (Å²) in [5.41, 5.74) is 5.37. The number of carbonyl (C=O) groups is 4. The van der Waals surface area contributed by atoms with Crippen molar-refractivity contribution in [2.45, 2.75) is 50.7 Å². The first-order valence-electron chi connectivity index (χ1n) is 8.78. The van der Waals surface area contributed by atoms with Crippen LogP contribution >= 0.6 is 0 Å². The minimum absolute atomic E-state index is 0.206. The van der Waals surface area contributed by atoms with E-state index >= 15 is 0 Å². The van der Waals surface area contributed by atoms with Crippen LogP contribution in [0.25, 0.3) is 0 Å². The molecule has 0 aromatic rings. The summed E-state index contributed by atoms with van der Waals surface area (Å²) in [7, 11) is -4.67. The maximum Gasteiger partial charge on any atom is 0.394 e. The first kappa shape index (κ1) is 24.9. The molecule has 0 aliphatic carbocycles. The smallest absolute Gasteiger partial charge is 0.394 e. The van der Waals surface area contributed by atoms with E-state index in [-0.39, 0.29) is 12.5 Å². The van der Waals surface area contributed by atoms with Gasteiger partial charge in [0.15, 0.2) is 0 Å². The number of carboxylic acid groups (broad SMARTS) is 1. The van der Waals surface area contributed by atoms with Gasteiger partial charge in [-0.15, -0.1) is 0 Å². The molecule has 0 aromatic carbocycles. The van der Waals surface area contributed by atoms with E-state index < -0.39 is 46.4 Å². The summed E-state index contributed by atoms with van der Waals surface area (Å²) in [5.74, 6) is -2.87. The van der Waals surface area contributed by atoms with E-state index in [0.29, 0.717) is 32.4 Å². The molecule has 13 nitrogen and oxygen atoms in total. The molecule has 3 atom stereocenters. The van der Waals surface area contributed by atoms with Crippen LogP contribution in [0.1, 0.15) is 32.6 Å². The SMILES string of the molecule is CC(N)C(=O)OC(=O)[C@@H]1CCCN1C(=O)[C@@H]1CCCN1CC(=O)O.O=S(=O)(O)O. The summed E-state index contributed by atoms with van der Waals surface area (Å²) in [6.07, 6.45) is 2.34. The van der Waals surface area contributed by atoms with Crippen LogP contribution in [-0.2, 0) is 34.3 Å². The molecular formula is C15H25N3O10S. The van der Waals surface area contributed by atoms with Gasteiger partial charge in [-0.25, -0.2) is 9.59 Å². The maximum atomic E-state index is 12.7. The quantitative estimate of drug-likeness (QED) is 0.215. The molecule has 2 saturated heterocycles. The number of rotatable bonds is 5. The van der Waals surface area contributed by atoms with Gasteiger partial charge in [0.1, 0.15) is 12.1 Å². The maximum absolute atomic E-state index is 12.7. The van der Waals surface area contributed by atoms with Crippen molar-refractivity contribution in [1.29, 1.82) is 0 Å². The van der Waals surface area contributed by atoms with Crippen molar-refractivity contribution in [3.05, 3.63) is 0 Å². The number of ether oxygens (including phenoxy) is 1. The molecule has 29 heavy (non-hydrogen) atoms. The van der Waals surface area contributed by atoms with Crippen LogP contribution in [0, 0.1) is 0 Å². The largest absolute Gasteiger partial charge is 0.480 e. The number of esters is 2. The molecular weight excluding hydrogens is 414 g/mol. The highest BCUT2D eigenvalue weighted by Crippen LogP contribution is 2.25. The lowest BCUT2D eigenvalue weighted by Gasteiger charge is -2.29. The van der Waals surface area contributed by atoms with Crippen LogP contribution in [0.2, 0.25) is 0 Å². The van der Waals surface area contributed by atoms with Gasteiger partial charge >= 0.3 is 28.3 Å². The Bertz CT molecular complexity index is 731. The van der Waals surface area contributed by atoms with E-state index in [1.165, 1.54) is 11.8 Å². The minimum atomic E-state index is -4.67. The Morgan fingerprint density at radius 2 is 1.62 bits per heavy atom. The average molecular weight is 439 g/mol. The second kappa shape index (κ2) is 10.6. The summed E-state index contributed by atoms with van der Waals surface area (Å²) >= 11 is 0. The Balaban J connectivity index is 0.000000749. The zero-order valence-electron chi connectivity index (χ0n) is 15.8. The first-order chi connectivity index (χ1) is 13.3. The third-order valence-corrected chi connectivity index (χ3v) is 4.37. The van der Waals surface area contributed by atoms with Crippen molar-refractivity contribution in [2.75, 3.05) is 19.6 Å². The lowest BCUT2D eigenvalue weighted by Crippen LogP contribution is -2.51. The van der Waals surface area contributed by atoms with Crippen LogP contribution in [0.15, 0.2) is 0 Å². The molecule has 1 unspecified atom stereocenters. The van der Waals surface area contributed by atoms with Gasteiger partial charge in [0, 0.05) is 6.54 Å². The molecule has 2 aliphatic rings. The van der Waals surface area contributed by atoms with Crippen molar-refractivity contribution in [3.63, 3.8) is 0 Å². The summed E-state index contributed by atoms with van der Waals surface area (Å²) in [4.78, 5) is 50.3. The van der Waals surface area contributed by atoms with Crippen LogP contribution in [-0.4, -0.2) is 94.0 Å². The van der Waals surface area contributed by atoms with Gasteiger partial charge in [0.2, 0.25) is 5.91 Å². The van der Waals surface area contributed by atoms with Crippen LogP contribution in [0.3, 0.4) is 0 Å². The Kier molecular flexibility index (Phi) is 9.10. The lowest BCUT2D eigenvalue weighted by molar-refractivity contribution is -0.166. The summed E-state index contributed by atoms with van der Waals surface area (Å²) < 4.78 is 36.3. The standard InChI is InChI=1S/C15H23N3O6.H2O4S/c1-9(16)14(22)24-15(23)11-5-3-7-18(11)13(21)10-4-2-6-17(10)8-12(19)20;1-5(2,3)4/h9-11H,2-8,16H2,1H3,(H,19,20);(H2,1,2,3,4)/t9?,10-,11-;/m0./s1. The lowest BCUT2D eigenvalue weighted by atomic mass is 10.1. The van der Waals surface area contributed by atoms with Crippen molar-refractivity contribution in [3.8, 4) is 0 Å². The topological polar surface area (TPSA) is 205 Å². The fourth-order valence-corrected chi connectivity index (χ4v) is 3.20.